The maximum Gasteiger partial charge on any atom is 0.344 e. The molecule has 0 aliphatic heterocycles. The fraction of sp³-hybridized carbons (Fsp3) is 0.357. The Labute approximate surface area is 122 Å². The van der Waals surface area contributed by atoms with Crippen molar-refractivity contribution in [2.45, 2.75) is 26.4 Å². The molecule has 7 heteroatoms. The highest BCUT2D eigenvalue weighted by Gasteiger charge is 2.19. The molecule has 7 nitrogen and oxygen atoms in total. The summed E-state index contributed by atoms with van der Waals surface area (Å²) >= 11 is 0. The van der Waals surface area contributed by atoms with Crippen LogP contribution in [0.1, 0.15) is 19.4 Å². The fourth-order valence-electron chi connectivity index (χ4n) is 1.47. The van der Waals surface area contributed by atoms with Crippen LogP contribution in [0.2, 0.25) is 0 Å². The number of amides is 3. The molecule has 0 aliphatic rings. The van der Waals surface area contributed by atoms with Crippen molar-refractivity contribution in [2.75, 3.05) is 6.61 Å². The van der Waals surface area contributed by atoms with Crippen molar-refractivity contribution in [1.82, 2.24) is 5.32 Å². The number of rotatable bonds is 6. The summed E-state index contributed by atoms with van der Waals surface area (Å²) in [6, 6.07) is 6.27. The normalized spacial score (nSPS) is 11.3. The molecule has 0 radical (unpaired) electrons. The van der Waals surface area contributed by atoms with Gasteiger partial charge in [0.1, 0.15) is 5.75 Å². The number of aryl methyl sites for hydroxylation is 1. The van der Waals surface area contributed by atoms with E-state index in [9.17, 15) is 14.4 Å². The van der Waals surface area contributed by atoms with Crippen molar-refractivity contribution in [2.24, 2.45) is 5.73 Å². The zero-order chi connectivity index (χ0) is 15.8. The Kier molecular flexibility index (Phi) is 6.19. The van der Waals surface area contributed by atoms with Crippen LogP contribution in [0.3, 0.4) is 0 Å². The molecule has 3 amide bonds. The molecule has 0 aliphatic carbocycles. The number of nitrogens with two attached hydrogens (primary N) is 1. The highest BCUT2D eigenvalue weighted by Crippen LogP contribution is 2.12. The third kappa shape index (κ3) is 5.94. The molecule has 1 atom stereocenters. The number of urea groups is 1. The van der Waals surface area contributed by atoms with Gasteiger partial charge in [0.15, 0.2) is 12.7 Å². The second-order valence-electron chi connectivity index (χ2n) is 4.27. The summed E-state index contributed by atoms with van der Waals surface area (Å²) in [5.74, 6) is -0.983. The zero-order valence-electron chi connectivity index (χ0n) is 11.9. The third-order valence-corrected chi connectivity index (χ3v) is 2.61. The summed E-state index contributed by atoms with van der Waals surface area (Å²) in [5.41, 5.74) is 5.94. The van der Waals surface area contributed by atoms with Gasteiger partial charge in [0.05, 0.1) is 0 Å². The number of esters is 1. The number of carbonyl (C=O) groups excluding carboxylic acids is 3. The molecule has 21 heavy (non-hydrogen) atoms. The second-order valence-corrected chi connectivity index (χ2v) is 4.27. The van der Waals surface area contributed by atoms with Gasteiger partial charge in [-0.1, -0.05) is 19.1 Å². The van der Waals surface area contributed by atoms with Gasteiger partial charge < -0.3 is 15.2 Å². The summed E-state index contributed by atoms with van der Waals surface area (Å²) in [5, 5.41) is 1.82. The van der Waals surface area contributed by atoms with Crippen LogP contribution in [0.4, 0.5) is 4.79 Å². The van der Waals surface area contributed by atoms with E-state index in [-0.39, 0.29) is 6.61 Å². The van der Waals surface area contributed by atoms with Crippen LogP contribution in [-0.2, 0) is 20.7 Å². The lowest BCUT2D eigenvalue weighted by Crippen LogP contribution is -2.42. The van der Waals surface area contributed by atoms with Gasteiger partial charge in [-0.05, 0) is 31.0 Å². The van der Waals surface area contributed by atoms with Crippen molar-refractivity contribution in [1.29, 1.82) is 0 Å². The highest BCUT2D eigenvalue weighted by atomic mass is 16.6. The lowest BCUT2D eigenvalue weighted by molar-refractivity contribution is -0.156. The number of primary amides is 1. The molecular weight excluding hydrogens is 276 g/mol. The van der Waals surface area contributed by atoms with Gasteiger partial charge in [0, 0.05) is 0 Å². The Morgan fingerprint density at radius 1 is 1.24 bits per heavy atom. The minimum Gasteiger partial charge on any atom is -0.482 e. The van der Waals surface area contributed by atoms with E-state index in [1.165, 1.54) is 6.92 Å². The predicted octanol–water partition coefficient (Wildman–Crippen LogP) is 0.754. The van der Waals surface area contributed by atoms with Gasteiger partial charge in [-0.3, -0.25) is 10.1 Å². The number of ether oxygens (including phenoxy) is 2. The molecule has 1 rings (SSSR count). The summed E-state index contributed by atoms with van der Waals surface area (Å²) in [6.07, 6.45) is -0.217. The van der Waals surface area contributed by atoms with Crippen LogP contribution >= 0.6 is 0 Å². The van der Waals surface area contributed by atoms with Crippen molar-refractivity contribution in [3.8, 4) is 5.75 Å². The molecule has 0 bridgehead atoms. The van der Waals surface area contributed by atoms with Crippen LogP contribution in [0.25, 0.3) is 0 Å². The predicted molar refractivity (Wildman–Crippen MR) is 74.6 cm³/mol. The van der Waals surface area contributed by atoms with Crippen LogP contribution < -0.4 is 15.8 Å². The van der Waals surface area contributed by atoms with Crippen LogP contribution in [0.5, 0.6) is 5.75 Å². The maximum atomic E-state index is 11.5. The van der Waals surface area contributed by atoms with Crippen molar-refractivity contribution < 1.29 is 23.9 Å². The average Bonchev–Trinajstić information content (AvgIpc) is 2.44. The number of imide groups is 1. The number of hydrogen-bond donors (Lipinski definition) is 2. The summed E-state index contributed by atoms with van der Waals surface area (Å²) in [6.45, 7) is 3.03. The molecule has 0 spiro atoms. The number of carbonyl (C=O) groups is 3. The van der Waals surface area contributed by atoms with Gasteiger partial charge in [0.25, 0.3) is 5.91 Å². The molecule has 114 valence electrons. The minimum atomic E-state index is -1.13. The SMILES string of the molecule is CCc1ccc(OCC(=O)O[C@@H](C)C(=O)NC(N)=O)cc1. The van der Waals surface area contributed by atoms with Crippen LogP contribution in [-0.4, -0.2) is 30.6 Å². The molecule has 1 aromatic rings. The van der Waals surface area contributed by atoms with E-state index in [2.05, 4.69) is 0 Å². The molecule has 0 saturated carbocycles. The first kappa shape index (κ1) is 16.5. The van der Waals surface area contributed by atoms with E-state index in [0.29, 0.717) is 5.75 Å². The van der Waals surface area contributed by atoms with Gasteiger partial charge in [0.2, 0.25) is 0 Å². The Balaban J connectivity index is 2.39. The molecule has 0 aromatic heterocycles. The van der Waals surface area contributed by atoms with Crippen molar-refractivity contribution in [3.05, 3.63) is 29.8 Å². The first-order chi connectivity index (χ1) is 9.92. The Hall–Kier alpha value is -2.57. The Morgan fingerprint density at radius 2 is 1.86 bits per heavy atom. The van der Waals surface area contributed by atoms with Crippen LogP contribution in [0.15, 0.2) is 24.3 Å². The Bertz CT molecular complexity index is 513. The first-order valence-corrected chi connectivity index (χ1v) is 6.44. The molecule has 0 heterocycles. The van der Waals surface area contributed by atoms with Crippen molar-refractivity contribution in [3.63, 3.8) is 0 Å². The number of benzene rings is 1. The largest absolute Gasteiger partial charge is 0.482 e. The molecule has 3 N–H and O–H groups in total. The quantitative estimate of drug-likeness (QED) is 0.753. The molecular formula is C14H18N2O5. The van der Waals surface area contributed by atoms with Gasteiger partial charge in [-0.15, -0.1) is 0 Å². The van der Waals surface area contributed by atoms with E-state index in [4.69, 9.17) is 15.2 Å². The molecule has 0 unspecified atom stereocenters. The zero-order valence-corrected chi connectivity index (χ0v) is 11.9. The highest BCUT2D eigenvalue weighted by molar-refractivity contribution is 5.96. The summed E-state index contributed by atoms with van der Waals surface area (Å²) < 4.78 is 10.0. The summed E-state index contributed by atoms with van der Waals surface area (Å²) in [4.78, 5) is 33.3. The van der Waals surface area contributed by atoms with Gasteiger partial charge in [-0.2, -0.15) is 0 Å². The van der Waals surface area contributed by atoms with E-state index in [1.54, 1.807) is 12.1 Å². The smallest absolute Gasteiger partial charge is 0.344 e. The minimum absolute atomic E-state index is 0.334. The molecule has 0 fully saturated rings. The Morgan fingerprint density at radius 3 is 2.38 bits per heavy atom. The van der Waals surface area contributed by atoms with E-state index >= 15 is 0 Å². The van der Waals surface area contributed by atoms with E-state index in [1.807, 2.05) is 24.4 Å². The lowest BCUT2D eigenvalue weighted by atomic mass is 10.2. The number of hydrogen-bond acceptors (Lipinski definition) is 5. The van der Waals surface area contributed by atoms with Gasteiger partial charge in [-0.25, -0.2) is 9.59 Å². The number of nitrogens with one attached hydrogen (secondary N) is 1. The molecule has 1 aromatic carbocycles. The van der Waals surface area contributed by atoms with E-state index < -0.39 is 24.0 Å². The second kappa shape index (κ2) is 7.88. The molecule has 0 saturated heterocycles. The first-order valence-electron chi connectivity index (χ1n) is 6.44. The fourth-order valence-corrected chi connectivity index (χ4v) is 1.47. The third-order valence-electron chi connectivity index (χ3n) is 2.61. The lowest BCUT2D eigenvalue weighted by Gasteiger charge is -2.12. The van der Waals surface area contributed by atoms with Gasteiger partial charge >= 0.3 is 12.0 Å². The maximum absolute atomic E-state index is 11.5. The van der Waals surface area contributed by atoms with Crippen molar-refractivity contribution >= 4 is 17.9 Å². The van der Waals surface area contributed by atoms with Crippen LogP contribution in [0, 0.1) is 0 Å². The standard InChI is InChI=1S/C14H18N2O5/c1-3-10-4-6-11(7-5-10)20-8-12(17)21-9(2)13(18)16-14(15)19/h4-7,9H,3,8H2,1-2H3,(H3,15,16,18,19)/t9-/m0/s1. The average molecular weight is 294 g/mol. The summed E-state index contributed by atoms with van der Waals surface area (Å²) in [7, 11) is 0. The topological polar surface area (TPSA) is 108 Å². The monoisotopic (exact) mass is 294 g/mol. The van der Waals surface area contributed by atoms with E-state index in [0.717, 1.165) is 12.0 Å².